The predicted molar refractivity (Wildman–Crippen MR) is 74.4 cm³/mol. The number of aromatic nitrogens is 2. The number of methoxy groups -OCH3 is 1. The van der Waals surface area contributed by atoms with E-state index in [1.165, 1.54) is 13.3 Å². The van der Waals surface area contributed by atoms with E-state index in [4.69, 9.17) is 0 Å². The van der Waals surface area contributed by atoms with Crippen LogP contribution in [0.1, 0.15) is 24.3 Å². The van der Waals surface area contributed by atoms with Crippen molar-refractivity contribution in [1.29, 1.82) is 0 Å². The largest absolute Gasteiger partial charge is 0.464 e. The highest BCUT2D eigenvalue weighted by atomic mass is 16.5. The maximum absolute atomic E-state index is 11.5. The predicted octanol–water partition coefficient (Wildman–Crippen LogP) is 1.04. The van der Waals surface area contributed by atoms with E-state index >= 15 is 0 Å². The Kier molecular flexibility index (Phi) is 5.69. The number of ether oxygens (including phenoxy) is 1. The molecule has 0 aromatic carbocycles. The summed E-state index contributed by atoms with van der Waals surface area (Å²) in [6.45, 7) is 5.88. The summed E-state index contributed by atoms with van der Waals surface area (Å²) in [4.78, 5) is 24.1. The summed E-state index contributed by atoms with van der Waals surface area (Å²) in [6.07, 6.45) is 3.09. The Morgan fingerprint density at radius 3 is 2.63 bits per heavy atom. The molecule has 0 saturated carbocycles. The van der Waals surface area contributed by atoms with E-state index in [0.29, 0.717) is 5.82 Å². The van der Waals surface area contributed by atoms with Gasteiger partial charge in [-0.15, -0.1) is 0 Å². The lowest BCUT2D eigenvalue weighted by Crippen LogP contribution is -2.40. The molecule has 6 heteroatoms. The third-order valence-corrected chi connectivity index (χ3v) is 2.81. The number of carbonyl (C=O) groups is 1. The second kappa shape index (κ2) is 7.04. The molecule has 0 amide bonds. The first-order valence-electron chi connectivity index (χ1n) is 6.31. The van der Waals surface area contributed by atoms with E-state index in [1.807, 2.05) is 14.1 Å². The Morgan fingerprint density at radius 1 is 1.42 bits per heavy atom. The molecule has 0 spiro atoms. The van der Waals surface area contributed by atoms with Crippen LogP contribution in [0.4, 0.5) is 5.82 Å². The van der Waals surface area contributed by atoms with Crippen LogP contribution in [0.15, 0.2) is 12.4 Å². The van der Waals surface area contributed by atoms with E-state index in [-0.39, 0.29) is 11.7 Å². The van der Waals surface area contributed by atoms with Crippen molar-refractivity contribution >= 4 is 11.8 Å². The van der Waals surface area contributed by atoms with E-state index < -0.39 is 5.97 Å². The van der Waals surface area contributed by atoms with Crippen LogP contribution in [0.2, 0.25) is 0 Å². The van der Waals surface area contributed by atoms with Crippen molar-refractivity contribution in [3.05, 3.63) is 18.1 Å². The number of hydrogen-bond donors (Lipinski definition) is 0. The zero-order valence-electron chi connectivity index (χ0n) is 12.3. The van der Waals surface area contributed by atoms with E-state index in [1.54, 1.807) is 6.20 Å². The lowest BCUT2D eigenvalue weighted by Gasteiger charge is -2.30. The molecule has 1 heterocycles. The van der Waals surface area contributed by atoms with E-state index in [9.17, 15) is 4.79 Å². The Bertz CT molecular complexity index is 423. The van der Waals surface area contributed by atoms with Crippen molar-refractivity contribution in [2.45, 2.75) is 19.9 Å². The fraction of sp³-hybridized carbons (Fsp3) is 0.615. The molecule has 0 aliphatic rings. The number of nitrogens with zero attached hydrogens (tertiary/aromatic N) is 4. The van der Waals surface area contributed by atoms with Crippen LogP contribution in [0.3, 0.4) is 0 Å². The summed E-state index contributed by atoms with van der Waals surface area (Å²) in [5.74, 6) is 0.227. The van der Waals surface area contributed by atoms with Gasteiger partial charge in [-0.2, -0.15) is 0 Å². The third-order valence-electron chi connectivity index (χ3n) is 2.81. The van der Waals surface area contributed by atoms with Crippen LogP contribution in [0.5, 0.6) is 0 Å². The van der Waals surface area contributed by atoms with Gasteiger partial charge in [0.2, 0.25) is 0 Å². The van der Waals surface area contributed by atoms with Gasteiger partial charge in [0.05, 0.1) is 19.5 Å². The first kappa shape index (κ1) is 15.4. The maximum Gasteiger partial charge on any atom is 0.358 e. The monoisotopic (exact) mass is 266 g/mol. The van der Waals surface area contributed by atoms with Crippen LogP contribution < -0.4 is 4.90 Å². The number of carbonyl (C=O) groups excluding carboxylic acids is 1. The average Bonchev–Trinajstić information content (AvgIpc) is 2.38. The number of rotatable bonds is 6. The molecule has 1 rings (SSSR count). The molecule has 0 bridgehead atoms. The molecule has 106 valence electrons. The van der Waals surface area contributed by atoms with Crippen LogP contribution in [0.25, 0.3) is 0 Å². The van der Waals surface area contributed by atoms with Gasteiger partial charge in [0.25, 0.3) is 0 Å². The maximum atomic E-state index is 11.5. The van der Waals surface area contributed by atoms with Gasteiger partial charge in [0.1, 0.15) is 5.82 Å². The summed E-state index contributed by atoms with van der Waals surface area (Å²) < 4.78 is 4.66. The van der Waals surface area contributed by atoms with Crippen molar-refractivity contribution in [2.24, 2.45) is 0 Å². The fourth-order valence-corrected chi connectivity index (χ4v) is 2.02. The van der Waals surface area contributed by atoms with Crippen LogP contribution in [-0.2, 0) is 4.74 Å². The van der Waals surface area contributed by atoms with Crippen molar-refractivity contribution in [1.82, 2.24) is 14.9 Å². The molecule has 1 unspecified atom stereocenters. The van der Waals surface area contributed by atoms with Gasteiger partial charge >= 0.3 is 5.97 Å². The Labute approximate surface area is 114 Å². The molecule has 0 N–H and O–H groups in total. The second-order valence-electron chi connectivity index (χ2n) is 4.65. The molecule has 0 saturated heterocycles. The Hall–Kier alpha value is -1.69. The molecule has 0 fully saturated rings. The molecular weight excluding hydrogens is 244 g/mol. The first-order chi connectivity index (χ1) is 8.99. The molecule has 0 radical (unpaired) electrons. The highest BCUT2D eigenvalue weighted by molar-refractivity contribution is 5.87. The number of anilines is 1. The van der Waals surface area contributed by atoms with Gasteiger partial charge in [0, 0.05) is 19.1 Å². The van der Waals surface area contributed by atoms with Gasteiger partial charge in [-0.05, 0) is 27.9 Å². The highest BCUT2D eigenvalue weighted by Crippen LogP contribution is 2.14. The van der Waals surface area contributed by atoms with Crippen molar-refractivity contribution in [3.8, 4) is 0 Å². The lowest BCUT2D eigenvalue weighted by atomic mass is 10.2. The minimum absolute atomic E-state index is 0.232. The zero-order chi connectivity index (χ0) is 14.4. The van der Waals surface area contributed by atoms with E-state index in [2.05, 4.69) is 38.4 Å². The molecule has 19 heavy (non-hydrogen) atoms. The molecular formula is C13H22N4O2. The zero-order valence-corrected chi connectivity index (χ0v) is 12.3. The van der Waals surface area contributed by atoms with Crippen molar-refractivity contribution < 1.29 is 9.53 Å². The summed E-state index contributed by atoms with van der Waals surface area (Å²) >= 11 is 0. The minimum Gasteiger partial charge on any atom is -0.464 e. The van der Waals surface area contributed by atoms with Crippen LogP contribution in [-0.4, -0.2) is 61.2 Å². The first-order valence-corrected chi connectivity index (χ1v) is 6.31. The summed E-state index contributed by atoms with van der Waals surface area (Å²) in [7, 11) is 5.39. The third kappa shape index (κ3) is 4.17. The minimum atomic E-state index is -0.467. The van der Waals surface area contributed by atoms with Gasteiger partial charge in [-0.25, -0.2) is 9.78 Å². The van der Waals surface area contributed by atoms with Gasteiger partial charge in [-0.3, -0.25) is 4.98 Å². The van der Waals surface area contributed by atoms with Crippen LogP contribution in [0, 0.1) is 0 Å². The molecule has 1 aromatic rings. The molecule has 6 nitrogen and oxygen atoms in total. The summed E-state index contributed by atoms with van der Waals surface area (Å²) in [5.41, 5.74) is 0.232. The quantitative estimate of drug-likeness (QED) is 0.717. The van der Waals surface area contributed by atoms with Gasteiger partial charge in [0.15, 0.2) is 5.69 Å². The van der Waals surface area contributed by atoms with Gasteiger partial charge in [-0.1, -0.05) is 0 Å². The lowest BCUT2D eigenvalue weighted by molar-refractivity contribution is 0.0593. The smallest absolute Gasteiger partial charge is 0.358 e. The normalized spacial score (nSPS) is 12.3. The van der Waals surface area contributed by atoms with E-state index in [0.717, 1.165) is 13.1 Å². The Morgan fingerprint density at radius 2 is 2.11 bits per heavy atom. The highest BCUT2D eigenvalue weighted by Gasteiger charge is 2.17. The number of hydrogen-bond acceptors (Lipinski definition) is 6. The standard InChI is InChI=1S/C13H22N4O2/c1-6-17(10(2)9-16(3)4)12-8-14-7-11(15-12)13(18)19-5/h7-8,10H,6,9H2,1-5H3. The number of likely N-dealkylation sites (N-methyl/N-ethyl adjacent to an activating group) is 2. The molecule has 1 aromatic heterocycles. The van der Waals surface area contributed by atoms with Crippen LogP contribution >= 0.6 is 0 Å². The summed E-state index contributed by atoms with van der Waals surface area (Å²) in [5, 5.41) is 0. The van der Waals surface area contributed by atoms with Crippen molar-refractivity contribution in [3.63, 3.8) is 0 Å². The fourth-order valence-electron chi connectivity index (χ4n) is 2.02. The molecule has 0 aliphatic heterocycles. The molecule has 0 aliphatic carbocycles. The van der Waals surface area contributed by atoms with Gasteiger partial charge < -0.3 is 14.5 Å². The average molecular weight is 266 g/mol. The summed E-state index contributed by atoms with van der Waals surface area (Å²) in [6, 6.07) is 0.280. The second-order valence-corrected chi connectivity index (χ2v) is 4.65. The Balaban J connectivity index is 2.95. The SMILES string of the molecule is CCN(c1cncc(C(=O)OC)n1)C(C)CN(C)C. The van der Waals surface area contributed by atoms with Crippen molar-refractivity contribution in [2.75, 3.05) is 39.2 Å². The number of esters is 1. The topological polar surface area (TPSA) is 58.6 Å². The molecule has 1 atom stereocenters.